The highest BCUT2D eigenvalue weighted by Crippen LogP contribution is 2.29. The van der Waals surface area contributed by atoms with Gasteiger partial charge in [-0.2, -0.15) is 0 Å². The molecule has 0 heterocycles. The Morgan fingerprint density at radius 1 is 1.06 bits per heavy atom. The van der Waals surface area contributed by atoms with Gasteiger partial charge in [-0.25, -0.2) is 8.78 Å². The Morgan fingerprint density at radius 3 is 2.39 bits per heavy atom. The van der Waals surface area contributed by atoms with Crippen LogP contribution in [0.25, 0.3) is 0 Å². The van der Waals surface area contributed by atoms with Crippen LogP contribution in [0.3, 0.4) is 0 Å². The molecule has 0 aliphatic heterocycles. The van der Waals surface area contributed by atoms with E-state index in [2.05, 4.69) is 15.9 Å². The zero-order valence-corrected chi connectivity index (χ0v) is 11.5. The van der Waals surface area contributed by atoms with E-state index in [1.807, 2.05) is 31.2 Å². The molecule has 0 spiro atoms. The summed E-state index contributed by atoms with van der Waals surface area (Å²) in [6, 6.07) is 11.6. The number of alkyl halides is 1. The molecular weight excluding hydrogens is 298 g/mol. The van der Waals surface area contributed by atoms with Crippen molar-refractivity contribution in [3.63, 3.8) is 0 Å². The van der Waals surface area contributed by atoms with Crippen molar-refractivity contribution in [2.45, 2.75) is 18.2 Å². The van der Waals surface area contributed by atoms with Gasteiger partial charge < -0.3 is 0 Å². The van der Waals surface area contributed by atoms with E-state index in [0.717, 1.165) is 17.7 Å². The second kappa shape index (κ2) is 5.61. The summed E-state index contributed by atoms with van der Waals surface area (Å²) in [7, 11) is 0. The van der Waals surface area contributed by atoms with Crippen molar-refractivity contribution in [2.24, 2.45) is 0 Å². The molecule has 0 radical (unpaired) electrons. The second-order valence-corrected chi connectivity index (χ2v) is 5.43. The summed E-state index contributed by atoms with van der Waals surface area (Å²) in [5.74, 6) is -0.801. The molecule has 2 aromatic rings. The van der Waals surface area contributed by atoms with Crippen molar-refractivity contribution >= 4 is 15.9 Å². The van der Waals surface area contributed by atoms with Gasteiger partial charge in [0.2, 0.25) is 0 Å². The molecule has 0 amide bonds. The van der Waals surface area contributed by atoms with Crippen LogP contribution in [0.15, 0.2) is 42.5 Å². The van der Waals surface area contributed by atoms with Crippen LogP contribution >= 0.6 is 15.9 Å². The summed E-state index contributed by atoms with van der Waals surface area (Å²) in [6.07, 6.45) is 0.626. The largest absolute Gasteiger partial charge is 0.207 e. The highest BCUT2D eigenvalue weighted by molar-refractivity contribution is 9.09. The van der Waals surface area contributed by atoms with E-state index in [1.54, 1.807) is 0 Å². The molecule has 0 N–H and O–H groups in total. The number of hydrogen-bond acceptors (Lipinski definition) is 0. The number of rotatable bonds is 3. The standard InChI is InChI=1S/C15H13BrF2/c1-10-2-4-11(5-3-10)8-14(16)13-9-12(17)6-7-15(13)18/h2-7,9,14H,8H2,1H3. The molecule has 0 aromatic heterocycles. The maximum atomic E-state index is 13.6. The third-order valence-electron chi connectivity index (χ3n) is 2.83. The lowest BCUT2D eigenvalue weighted by Gasteiger charge is -2.11. The van der Waals surface area contributed by atoms with Crippen LogP contribution in [0.5, 0.6) is 0 Å². The van der Waals surface area contributed by atoms with Gasteiger partial charge in [0.15, 0.2) is 0 Å². The normalized spacial score (nSPS) is 12.4. The Bertz CT molecular complexity index is 535. The van der Waals surface area contributed by atoms with Crippen LogP contribution in [0.4, 0.5) is 8.78 Å². The molecule has 2 aromatic carbocycles. The maximum Gasteiger partial charge on any atom is 0.127 e. The Kier molecular flexibility index (Phi) is 4.12. The van der Waals surface area contributed by atoms with Gasteiger partial charge in [0.25, 0.3) is 0 Å². The first-order valence-electron chi connectivity index (χ1n) is 5.71. The van der Waals surface area contributed by atoms with E-state index < -0.39 is 5.82 Å². The summed E-state index contributed by atoms with van der Waals surface area (Å²) in [4.78, 5) is -0.226. The molecule has 0 aliphatic rings. The summed E-state index contributed by atoms with van der Waals surface area (Å²) in [6.45, 7) is 2.02. The Labute approximate surface area is 114 Å². The van der Waals surface area contributed by atoms with Crippen molar-refractivity contribution in [3.05, 3.63) is 70.8 Å². The third-order valence-corrected chi connectivity index (χ3v) is 3.65. The van der Waals surface area contributed by atoms with Crippen LogP contribution < -0.4 is 0 Å². The monoisotopic (exact) mass is 310 g/mol. The average molecular weight is 311 g/mol. The van der Waals surface area contributed by atoms with E-state index in [0.29, 0.717) is 12.0 Å². The average Bonchev–Trinajstić information content (AvgIpc) is 2.35. The zero-order valence-electron chi connectivity index (χ0n) is 9.96. The molecule has 0 saturated carbocycles. The highest BCUT2D eigenvalue weighted by atomic mass is 79.9. The minimum atomic E-state index is -0.417. The van der Waals surface area contributed by atoms with E-state index in [9.17, 15) is 8.78 Å². The van der Waals surface area contributed by atoms with Gasteiger partial charge in [-0.1, -0.05) is 45.8 Å². The minimum absolute atomic E-state index is 0.226. The Morgan fingerprint density at radius 2 is 1.72 bits per heavy atom. The van der Waals surface area contributed by atoms with Crippen LogP contribution in [-0.2, 0) is 6.42 Å². The van der Waals surface area contributed by atoms with Gasteiger partial charge in [-0.3, -0.25) is 0 Å². The minimum Gasteiger partial charge on any atom is -0.207 e. The van der Waals surface area contributed by atoms with Crippen molar-refractivity contribution in [1.82, 2.24) is 0 Å². The summed E-state index contributed by atoms with van der Waals surface area (Å²) in [5, 5.41) is 0. The molecule has 94 valence electrons. The molecule has 0 fully saturated rings. The van der Waals surface area contributed by atoms with Gasteiger partial charge in [-0.15, -0.1) is 0 Å². The molecule has 18 heavy (non-hydrogen) atoms. The first-order chi connectivity index (χ1) is 8.56. The Balaban J connectivity index is 2.18. The van der Waals surface area contributed by atoms with E-state index in [4.69, 9.17) is 0 Å². The first-order valence-corrected chi connectivity index (χ1v) is 6.62. The molecule has 3 heteroatoms. The second-order valence-electron chi connectivity index (χ2n) is 4.32. The predicted octanol–water partition coefficient (Wildman–Crippen LogP) is 4.95. The smallest absolute Gasteiger partial charge is 0.127 e. The van der Waals surface area contributed by atoms with Crippen molar-refractivity contribution in [3.8, 4) is 0 Å². The molecule has 0 bridgehead atoms. The lowest BCUT2D eigenvalue weighted by Crippen LogP contribution is -1.99. The molecule has 1 unspecified atom stereocenters. The van der Waals surface area contributed by atoms with Gasteiger partial charge in [0, 0.05) is 10.4 Å². The van der Waals surface area contributed by atoms with E-state index in [1.165, 1.54) is 11.6 Å². The van der Waals surface area contributed by atoms with Crippen LogP contribution in [0.1, 0.15) is 21.5 Å². The van der Waals surface area contributed by atoms with Crippen molar-refractivity contribution in [1.29, 1.82) is 0 Å². The molecule has 1 atom stereocenters. The van der Waals surface area contributed by atoms with E-state index in [-0.39, 0.29) is 10.6 Å². The topological polar surface area (TPSA) is 0 Å². The fraction of sp³-hybridized carbons (Fsp3) is 0.200. The fourth-order valence-electron chi connectivity index (χ4n) is 1.80. The molecular formula is C15H13BrF2. The maximum absolute atomic E-state index is 13.6. The Hall–Kier alpha value is -1.22. The summed E-state index contributed by atoms with van der Waals surface area (Å²) < 4.78 is 26.7. The molecule has 0 saturated heterocycles. The molecule has 0 nitrogen and oxygen atoms in total. The number of hydrogen-bond donors (Lipinski definition) is 0. The van der Waals surface area contributed by atoms with Crippen LogP contribution in [0.2, 0.25) is 0 Å². The summed E-state index contributed by atoms with van der Waals surface area (Å²) in [5.41, 5.74) is 2.63. The number of halogens is 3. The highest BCUT2D eigenvalue weighted by Gasteiger charge is 2.14. The first kappa shape index (κ1) is 13.2. The number of aryl methyl sites for hydroxylation is 1. The third kappa shape index (κ3) is 3.16. The molecule has 0 aliphatic carbocycles. The SMILES string of the molecule is Cc1ccc(CC(Br)c2cc(F)ccc2F)cc1. The molecule has 2 rings (SSSR count). The van der Waals surface area contributed by atoms with Crippen molar-refractivity contribution < 1.29 is 8.78 Å². The van der Waals surface area contributed by atoms with E-state index >= 15 is 0 Å². The lowest BCUT2D eigenvalue weighted by atomic mass is 10.0. The fourth-order valence-corrected chi connectivity index (χ4v) is 2.52. The predicted molar refractivity (Wildman–Crippen MR) is 72.9 cm³/mol. The van der Waals surface area contributed by atoms with Crippen LogP contribution in [-0.4, -0.2) is 0 Å². The van der Waals surface area contributed by atoms with Crippen LogP contribution in [0, 0.1) is 18.6 Å². The van der Waals surface area contributed by atoms with Gasteiger partial charge in [-0.05, 0) is 37.1 Å². The van der Waals surface area contributed by atoms with Gasteiger partial charge >= 0.3 is 0 Å². The number of benzene rings is 2. The van der Waals surface area contributed by atoms with Gasteiger partial charge in [0.1, 0.15) is 11.6 Å². The van der Waals surface area contributed by atoms with Crippen molar-refractivity contribution in [2.75, 3.05) is 0 Å². The zero-order chi connectivity index (χ0) is 13.1. The quantitative estimate of drug-likeness (QED) is 0.703. The lowest BCUT2D eigenvalue weighted by molar-refractivity contribution is 0.583. The van der Waals surface area contributed by atoms with Gasteiger partial charge in [0.05, 0.1) is 0 Å². The summed E-state index contributed by atoms with van der Waals surface area (Å²) >= 11 is 3.42.